The van der Waals surface area contributed by atoms with Gasteiger partial charge in [-0.3, -0.25) is 10.1 Å². The van der Waals surface area contributed by atoms with Crippen LogP contribution in [0.2, 0.25) is 0 Å². The predicted molar refractivity (Wildman–Crippen MR) is 85.2 cm³/mol. The highest BCUT2D eigenvalue weighted by Crippen LogP contribution is 2.40. The molecule has 2 rings (SSSR count). The van der Waals surface area contributed by atoms with E-state index in [2.05, 4.69) is 5.16 Å². The van der Waals surface area contributed by atoms with Crippen LogP contribution in [0.4, 0.5) is 18.9 Å². The van der Waals surface area contributed by atoms with Crippen molar-refractivity contribution in [3.8, 4) is 17.2 Å². The molecule has 0 saturated heterocycles. The van der Waals surface area contributed by atoms with Crippen molar-refractivity contribution in [3.63, 3.8) is 0 Å². The molecule has 0 heterocycles. The quantitative estimate of drug-likeness (QED) is 0.347. The van der Waals surface area contributed by atoms with Crippen LogP contribution in [0.3, 0.4) is 0 Å². The van der Waals surface area contributed by atoms with Gasteiger partial charge in [0, 0.05) is 11.6 Å². The number of nitro benzene ring substituents is 1. The number of nitro groups is 1. The van der Waals surface area contributed by atoms with E-state index in [1.807, 2.05) is 0 Å². The second-order valence-electron chi connectivity index (χ2n) is 4.92. The van der Waals surface area contributed by atoms with E-state index in [0.717, 1.165) is 12.3 Å². The SMILES string of the molecule is CCOc1cc(/C=N\O)ccc1Oc1ccc(C(F)(F)F)cc1[N+](=O)[O-]. The Hall–Kier alpha value is -3.30. The minimum Gasteiger partial charge on any atom is -0.490 e. The molecule has 0 spiro atoms. The van der Waals surface area contributed by atoms with Crippen molar-refractivity contribution in [2.24, 2.45) is 5.16 Å². The molecular weight excluding hydrogens is 357 g/mol. The molecule has 0 radical (unpaired) electrons. The van der Waals surface area contributed by atoms with Crippen LogP contribution in [0.5, 0.6) is 17.2 Å². The summed E-state index contributed by atoms with van der Waals surface area (Å²) in [6.07, 6.45) is -3.59. The first kappa shape index (κ1) is 19.0. The minimum absolute atomic E-state index is 0.0600. The Bertz CT molecular complexity index is 837. The van der Waals surface area contributed by atoms with Gasteiger partial charge in [-0.25, -0.2) is 0 Å². The molecule has 7 nitrogen and oxygen atoms in total. The van der Waals surface area contributed by atoms with Crippen molar-refractivity contribution in [2.45, 2.75) is 13.1 Å². The van der Waals surface area contributed by atoms with Crippen LogP contribution in [0.25, 0.3) is 0 Å². The first-order valence-electron chi connectivity index (χ1n) is 7.24. The summed E-state index contributed by atoms with van der Waals surface area (Å²) in [5.74, 6) is -0.128. The summed E-state index contributed by atoms with van der Waals surface area (Å²) in [6.45, 7) is 1.93. The van der Waals surface area contributed by atoms with E-state index >= 15 is 0 Å². The smallest absolute Gasteiger partial charge is 0.416 e. The first-order valence-corrected chi connectivity index (χ1v) is 7.24. The summed E-state index contributed by atoms with van der Waals surface area (Å²) in [5, 5.41) is 22.6. The number of hydrogen-bond donors (Lipinski definition) is 1. The normalized spacial score (nSPS) is 11.5. The third kappa shape index (κ3) is 4.41. The van der Waals surface area contributed by atoms with E-state index in [9.17, 15) is 23.3 Å². The van der Waals surface area contributed by atoms with Crippen LogP contribution in [0, 0.1) is 10.1 Å². The molecule has 0 atom stereocenters. The molecule has 0 aliphatic rings. The maximum Gasteiger partial charge on any atom is 0.416 e. The molecule has 2 aromatic rings. The zero-order chi connectivity index (χ0) is 19.3. The zero-order valence-electron chi connectivity index (χ0n) is 13.4. The Kier molecular flexibility index (Phi) is 5.65. The Morgan fingerprint density at radius 1 is 1.19 bits per heavy atom. The molecule has 0 aromatic heterocycles. The summed E-state index contributed by atoms with van der Waals surface area (Å²) in [6, 6.07) is 6.29. The standard InChI is InChI=1S/C16H13F3N2O5/c1-2-25-15-7-10(9-20-22)3-5-14(15)26-13-6-4-11(16(17,18)19)8-12(13)21(23)24/h3-9,22H,2H2,1H3/b20-9-. The van der Waals surface area contributed by atoms with E-state index in [1.54, 1.807) is 6.92 Å². The van der Waals surface area contributed by atoms with Gasteiger partial charge in [-0.05, 0) is 37.3 Å². The average molecular weight is 370 g/mol. The predicted octanol–water partition coefficient (Wildman–Crippen LogP) is 4.61. The van der Waals surface area contributed by atoms with Crippen molar-refractivity contribution in [1.82, 2.24) is 0 Å². The number of nitrogens with zero attached hydrogens (tertiary/aromatic N) is 2. The number of alkyl halides is 3. The van der Waals surface area contributed by atoms with Gasteiger partial charge in [-0.2, -0.15) is 13.2 Å². The van der Waals surface area contributed by atoms with E-state index < -0.39 is 22.4 Å². The number of halogens is 3. The molecular formula is C16H13F3N2O5. The summed E-state index contributed by atoms with van der Waals surface area (Å²) in [4.78, 5) is 10.2. The minimum atomic E-state index is -4.72. The van der Waals surface area contributed by atoms with Gasteiger partial charge >= 0.3 is 11.9 Å². The van der Waals surface area contributed by atoms with E-state index in [0.29, 0.717) is 17.7 Å². The fourth-order valence-corrected chi connectivity index (χ4v) is 2.07. The second-order valence-corrected chi connectivity index (χ2v) is 4.92. The zero-order valence-corrected chi connectivity index (χ0v) is 13.4. The van der Waals surface area contributed by atoms with Crippen molar-refractivity contribution in [3.05, 3.63) is 57.6 Å². The lowest BCUT2D eigenvalue weighted by atomic mass is 10.1. The van der Waals surface area contributed by atoms with Crippen molar-refractivity contribution < 1.29 is 32.8 Å². The molecule has 10 heteroatoms. The first-order chi connectivity index (χ1) is 12.3. The lowest BCUT2D eigenvalue weighted by Crippen LogP contribution is -2.06. The van der Waals surface area contributed by atoms with E-state index in [1.165, 1.54) is 18.2 Å². The van der Waals surface area contributed by atoms with Gasteiger partial charge in [0.15, 0.2) is 11.5 Å². The molecule has 0 unspecified atom stereocenters. The highest BCUT2D eigenvalue weighted by atomic mass is 19.4. The summed E-state index contributed by atoms with van der Waals surface area (Å²) >= 11 is 0. The second kappa shape index (κ2) is 7.72. The van der Waals surface area contributed by atoms with E-state index in [4.69, 9.17) is 14.7 Å². The number of oxime groups is 1. The average Bonchev–Trinajstić information content (AvgIpc) is 2.57. The van der Waals surface area contributed by atoms with Crippen LogP contribution in [-0.4, -0.2) is 23.0 Å². The number of rotatable bonds is 6. The summed E-state index contributed by atoms with van der Waals surface area (Å²) in [7, 11) is 0. The van der Waals surface area contributed by atoms with Crippen LogP contribution >= 0.6 is 0 Å². The van der Waals surface area contributed by atoms with Gasteiger partial charge in [-0.1, -0.05) is 5.16 Å². The molecule has 0 fully saturated rings. The summed E-state index contributed by atoms with van der Waals surface area (Å²) < 4.78 is 49.0. The largest absolute Gasteiger partial charge is 0.490 e. The highest BCUT2D eigenvalue weighted by Gasteiger charge is 2.33. The molecule has 1 N–H and O–H groups in total. The fraction of sp³-hybridized carbons (Fsp3) is 0.188. The van der Waals surface area contributed by atoms with Crippen LogP contribution < -0.4 is 9.47 Å². The Balaban J connectivity index is 2.46. The van der Waals surface area contributed by atoms with Gasteiger partial charge in [0.1, 0.15) is 0 Å². The third-order valence-electron chi connectivity index (χ3n) is 3.18. The number of benzene rings is 2. The van der Waals surface area contributed by atoms with Gasteiger partial charge in [-0.15, -0.1) is 0 Å². The lowest BCUT2D eigenvalue weighted by molar-refractivity contribution is -0.385. The lowest BCUT2D eigenvalue weighted by Gasteiger charge is -2.13. The monoisotopic (exact) mass is 370 g/mol. The molecule has 0 saturated carbocycles. The highest BCUT2D eigenvalue weighted by molar-refractivity contribution is 5.80. The Morgan fingerprint density at radius 2 is 1.88 bits per heavy atom. The molecule has 0 amide bonds. The van der Waals surface area contributed by atoms with Gasteiger partial charge in [0.05, 0.1) is 23.3 Å². The van der Waals surface area contributed by atoms with Crippen LogP contribution in [0.1, 0.15) is 18.1 Å². The van der Waals surface area contributed by atoms with Crippen LogP contribution in [-0.2, 0) is 6.18 Å². The van der Waals surface area contributed by atoms with Crippen molar-refractivity contribution in [1.29, 1.82) is 0 Å². The Morgan fingerprint density at radius 3 is 2.46 bits per heavy atom. The van der Waals surface area contributed by atoms with Gasteiger partial charge < -0.3 is 14.7 Å². The van der Waals surface area contributed by atoms with E-state index in [-0.39, 0.29) is 23.9 Å². The number of hydrogen-bond acceptors (Lipinski definition) is 6. The molecule has 0 aliphatic carbocycles. The number of ether oxygens (including phenoxy) is 2. The fourth-order valence-electron chi connectivity index (χ4n) is 2.07. The molecule has 0 aliphatic heterocycles. The molecule has 2 aromatic carbocycles. The van der Waals surface area contributed by atoms with Gasteiger partial charge in [0.2, 0.25) is 5.75 Å². The third-order valence-corrected chi connectivity index (χ3v) is 3.18. The Labute approximate surface area is 145 Å². The van der Waals surface area contributed by atoms with Crippen molar-refractivity contribution in [2.75, 3.05) is 6.61 Å². The maximum absolute atomic E-state index is 12.8. The van der Waals surface area contributed by atoms with Gasteiger partial charge in [0.25, 0.3) is 0 Å². The van der Waals surface area contributed by atoms with Crippen molar-refractivity contribution >= 4 is 11.9 Å². The van der Waals surface area contributed by atoms with Crippen LogP contribution in [0.15, 0.2) is 41.6 Å². The molecule has 138 valence electrons. The topological polar surface area (TPSA) is 94.2 Å². The summed E-state index contributed by atoms with van der Waals surface area (Å²) in [5.41, 5.74) is -1.52. The maximum atomic E-state index is 12.8. The molecule has 0 bridgehead atoms. The molecule has 26 heavy (non-hydrogen) atoms.